The Kier molecular flexibility index (Phi) is 3.78. The Morgan fingerprint density at radius 2 is 1.67 bits per heavy atom. The lowest BCUT2D eigenvalue weighted by Gasteiger charge is -2.29. The molecule has 1 saturated heterocycles. The highest BCUT2D eigenvalue weighted by Gasteiger charge is 2.19. The Hall–Kier alpha value is -2.31. The average molecular weight is 341 g/mol. The lowest BCUT2D eigenvalue weighted by molar-refractivity contribution is 0.588. The fourth-order valence-electron chi connectivity index (χ4n) is 3.13. The molecule has 124 valence electrons. The molecule has 24 heavy (non-hydrogen) atoms. The molecular weight excluding hydrogens is 322 g/mol. The largest absolute Gasteiger partial charge is 0.369 e. The van der Waals surface area contributed by atoms with Crippen LogP contribution in [0.3, 0.4) is 0 Å². The molecule has 1 fully saturated rings. The molecule has 1 aliphatic heterocycles. The second-order valence-corrected chi connectivity index (χ2v) is 7.72. The van der Waals surface area contributed by atoms with Crippen molar-refractivity contribution in [2.75, 3.05) is 31.1 Å². The van der Waals surface area contributed by atoms with Crippen molar-refractivity contribution in [1.82, 2.24) is 9.29 Å². The maximum absolute atomic E-state index is 12.9. The first-order valence-corrected chi connectivity index (χ1v) is 9.48. The molecular formula is C18H19N3O2S. The van der Waals surface area contributed by atoms with Crippen LogP contribution in [0.25, 0.3) is 10.9 Å². The Bertz CT molecular complexity index is 958. The van der Waals surface area contributed by atoms with Gasteiger partial charge in [0, 0.05) is 43.4 Å². The predicted molar refractivity (Wildman–Crippen MR) is 96.0 cm³/mol. The molecule has 1 N–H and O–H groups in total. The Morgan fingerprint density at radius 1 is 0.917 bits per heavy atom. The summed E-state index contributed by atoms with van der Waals surface area (Å²) in [5, 5.41) is 4.26. The van der Waals surface area contributed by atoms with Gasteiger partial charge in [0.25, 0.3) is 10.0 Å². The first kappa shape index (κ1) is 15.2. The van der Waals surface area contributed by atoms with E-state index in [4.69, 9.17) is 0 Å². The van der Waals surface area contributed by atoms with E-state index in [9.17, 15) is 8.42 Å². The van der Waals surface area contributed by atoms with Gasteiger partial charge in [-0.15, -0.1) is 0 Å². The highest BCUT2D eigenvalue weighted by molar-refractivity contribution is 7.90. The molecule has 0 spiro atoms. The monoisotopic (exact) mass is 341 g/mol. The topological polar surface area (TPSA) is 54.3 Å². The van der Waals surface area contributed by atoms with E-state index in [-0.39, 0.29) is 0 Å². The third-order valence-corrected chi connectivity index (χ3v) is 6.13. The van der Waals surface area contributed by atoms with Crippen molar-refractivity contribution >= 4 is 26.6 Å². The normalized spacial score (nSPS) is 15.8. The Balaban J connectivity index is 1.81. The fraction of sp³-hybridized carbons (Fsp3) is 0.222. The van der Waals surface area contributed by atoms with Crippen LogP contribution in [0.2, 0.25) is 0 Å². The number of fused-ring (bicyclic) bond motifs is 1. The van der Waals surface area contributed by atoms with Crippen LogP contribution in [0.15, 0.2) is 65.7 Å². The van der Waals surface area contributed by atoms with E-state index >= 15 is 0 Å². The molecule has 1 aliphatic rings. The lowest BCUT2D eigenvalue weighted by Crippen LogP contribution is -2.43. The van der Waals surface area contributed by atoms with E-state index < -0.39 is 10.0 Å². The van der Waals surface area contributed by atoms with Gasteiger partial charge in [0.2, 0.25) is 0 Å². The number of aromatic nitrogens is 1. The second-order valence-electron chi connectivity index (χ2n) is 5.91. The molecule has 0 aliphatic carbocycles. The predicted octanol–water partition coefficient (Wildman–Crippen LogP) is 2.29. The van der Waals surface area contributed by atoms with Crippen molar-refractivity contribution in [2.24, 2.45) is 0 Å². The minimum Gasteiger partial charge on any atom is -0.369 e. The maximum Gasteiger partial charge on any atom is 0.268 e. The molecule has 5 nitrogen and oxygen atoms in total. The highest BCUT2D eigenvalue weighted by Crippen LogP contribution is 2.26. The van der Waals surface area contributed by atoms with Gasteiger partial charge in [0.05, 0.1) is 10.4 Å². The first-order chi connectivity index (χ1) is 11.7. The van der Waals surface area contributed by atoms with Gasteiger partial charge >= 0.3 is 0 Å². The summed E-state index contributed by atoms with van der Waals surface area (Å²) in [6.45, 7) is 3.75. The van der Waals surface area contributed by atoms with Crippen LogP contribution >= 0.6 is 0 Å². The van der Waals surface area contributed by atoms with Gasteiger partial charge in [-0.05, 0) is 30.3 Å². The van der Waals surface area contributed by atoms with E-state index in [2.05, 4.69) is 16.3 Å². The summed E-state index contributed by atoms with van der Waals surface area (Å²) in [7, 11) is -3.58. The van der Waals surface area contributed by atoms with Crippen LogP contribution in [-0.2, 0) is 10.0 Å². The first-order valence-electron chi connectivity index (χ1n) is 8.04. The van der Waals surface area contributed by atoms with Crippen molar-refractivity contribution in [2.45, 2.75) is 4.90 Å². The zero-order valence-corrected chi connectivity index (χ0v) is 14.0. The highest BCUT2D eigenvalue weighted by atomic mass is 32.2. The number of nitrogens with one attached hydrogen (secondary N) is 1. The van der Waals surface area contributed by atoms with Gasteiger partial charge in [-0.1, -0.05) is 24.3 Å². The number of rotatable bonds is 3. The molecule has 1 aromatic heterocycles. The average Bonchev–Trinajstić information content (AvgIpc) is 3.07. The number of hydrogen-bond donors (Lipinski definition) is 1. The zero-order valence-electron chi connectivity index (χ0n) is 13.2. The van der Waals surface area contributed by atoms with Gasteiger partial charge < -0.3 is 10.2 Å². The van der Waals surface area contributed by atoms with E-state index in [0.717, 1.165) is 42.8 Å². The molecule has 0 unspecified atom stereocenters. The summed E-state index contributed by atoms with van der Waals surface area (Å²) in [5.74, 6) is 0. The fourth-order valence-corrected chi connectivity index (χ4v) is 4.49. The van der Waals surface area contributed by atoms with Crippen molar-refractivity contribution in [1.29, 1.82) is 0 Å². The quantitative estimate of drug-likeness (QED) is 0.794. The van der Waals surface area contributed by atoms with Crippen LogP contribution in [0.1, 0.15) is 0 Å². The number of hydrogen-bond acceptors (Lipinski definition) is 4. The smallest absolute Gasteiger partial charge is 0.268 e. The van der Waals surface area contributed by atoms with E-state index in [1.807, 2.05) is 24.3 Å². The molecule has 6 heteroatoms. The van der Waals surface area contributed by atoms with Crippen LogP contribution in [0.4, 0.5) is 5.69 Å². The Labute approximate surface area is 141 Å². The van der Waals surface area contributed by atoms with Crippen LogP contribution in [0.5, 0.6) is 0 Å². The zero-order chi connectivity index (χ0) is 16.6. The summed E-state index contributed by atoms with van der Waals surface area (Å²) in [6, 6.07) is 16.4. The van der Waals surface area contributed by atoms with E-state index in [1.54, 1.807) is 30.5 Å². The summed E-state index contributed by atoms with van der Waals surface area (Å²) < 4.78 is 27.3. The van der Waals surface area contributed by atoms with Gasteiger partial charge in [-0.25, -0.2) is 12.4 Å². The van der Waals surface area contributed by atoms with Gasteiger partial charge in [-0.3, -0.25) is 0 Å². The van der Waals surface area contributed by atoms with Crippen molar-refractivity contribution in [3.05, 3.63) is 60.8 Å². The van der Waals surface area contributed by atoms with Crippen molar-refractivity contribution in [3.63, 3.8) is 0 Å². The second kappa shape index (κ2) is 5.96. The molecule has 0 atom stereocenters. The van der Waals surface area contributed by atoms with E-state index in [0.29, 0.717) is 4.90 Å². The van der Waals surface area contributed by atoms with E-state index in [1.165, 1.54) is 3.97 Å². The standard InChI is InChI=1S/C18H19N3O2S/c22-24(23,17-4-2-1-3-5-17)21-11-8-15-6-7-16(14-18(15)21)20-12-9-19-10-13-20/h1-8,11,14,19H,9-10,12-13H2. The molecule has 0 amide bonds. The summed E-state index contributed by atoms with van der Waals surface area (Å²) in [6.07, 6.45) is 1.63. The molecule has 0 bridgehead atoms. The molecule has 2 heterocycles. The number of nitrogens with zero attached hydrogens (tertiary/aromatic N) is 2. The molecule has 0 saturated carbocycles. The summed E-state index contributed by atoms with van der Waals surface area (Å²) in [4.78, 5) is 2.58. The maximum atomic E-state index is 12.9. The summed E-state index contributed by atoms with van der Waals surface area (Å²) >= 11 is 0. The third-order valence-electron chi connectivity index (χ3n) is 4.42. The minimum absolute atomic E-state index is 0.301. The van der Waals surface area contributed by atoms with Crippen LogP contribution < -0.4 is 10.2 Å². The minimum atomic E-state index is -3.58. The summed E-state index contributed by atoms with van der Waals surface area (Å²) in [5.41, 5.74) is 1.78. The van der Waals surface area contributed by atoms with Gasteiger partial charge in [0.1, 0.15) is 0 Å². The molecule has 2 aromatic carbocycles. The van der Waals surface area contributed by atoms with Crippen LogP contribution in [0, 0.1) is 0 Å². The van der Waals surface area contributed by atoms with Gasteiger partial charge in [0.15, 0.2) is 0 Å². The molecule has 0 radical (unpaired) electrons. The van der Waals surface area contributed by atoms with Gasteiger partial charge in [-0.2, -0.15) is 0 Å². The van der Waals surface area contributed by atoms with Crippen LogP contribution in [-0.4, -0.2) is 38.6 Å². The third kappa shape index (κ3) is 2.57. The number of benzene rings is 2. The number of piperazine rings is 1. The molecule has 4 rings (SSSR count). The number of anilines is 1. The SMILES string of the molecule is O=S(=O)(c1ccccc1)n1ccc2ccc(N3CCNCC3)cc21. The Morgan fingerprint density at radius 3 is 2.42 bits per heavy atom. The molecule has 3 aromatic rings. The van der Waals surface area contributed by atoms with Crippen molar-refractivity contribution in [3.8, 4) is 0 Å². The lowest BCUT2D eigenvalue weighted by atomic mass is 10.2. The van der Waals surface area contributed by atoms with Crippen molar-refractivity contribution < 1.29 is 8.42 Å².